The average molecular weight is 518 g/mol. The maximum atomic E-state index is 14.3. The summed E-state index contributed by atoms with van der Waals surface area (Å²) >= 11 is 0. The molecule has 0 bridgehead atoms. The van der Waals surface area contributed by atoms with E-state index >= 15 is 0 Å². The first-order valence-corrected chi connectivity index (χ1v) is 13.6. The Morgan fingerprint density at radius 2 is 1.68 bits per heavy atom. The lowest BCUT2D eigenvalue weighted by molar-refractivity contribution is 0.0644. The molecule has 1 N–H and O–H groups in total. The zero-order valence-corrected chi connectivity index (χ0v) is 21.5. The average Bonchev–Trinajstić information content (AvgIpc) is 3.50. The normalized spacial score (nSPS) is 18.4. The van der Waals surface area contributed by atoms with Crippen molar-refractivity contribution >= 4 is 17.4 Å². The highest BCUT2D eigenvalue weighted by Gasteiger charge is 2.28. The standard InChI is InChI=1S/C30H33F2N5O/c31-25-7-8-27(32)24(17-25)20-37-16-11-33-29-28(37)18-23(19-34-29)21-3-5-22(6-4-21)30(38)36-14-9-26(10-15-36)35-12-1-2-13-35/h3-8,17-19,26H,1-2,9-16,20H2,(H,33,34). The summed E-state index contributed by atoms with van der Waals surface area (Å²) in [5.41, 5.74) is 3.72. The zero-order valence-electron chi connectivity index (χ0n) is 21.5. The number of hydrogen-bond acceptors (Lipinski definition) is 5. The second-order valence-electron chi connectivity index (χ2n) is 10.5. The molecule has 198 valence electrons. The molecule has 3 aliphatic heterocycles. The van der Waals surface area contributed by atoms with Gasteiger partial charge in [-0.2, -0.15) is 0 Å². The molecule has 2 saturated heterocycles. The number of carbonyl (C=O) groups excluding carboxylic acids is 1. The molecule has 3 aromatic rings. The maximum absolute atomic E-state index is 14.3. The summed E-state index contributed by atoms with van der Waals surface area (Å²) in [6, 6.07) is 13.9. The molecule has 0 saturated carbocycles. The Kier molecular flexibility index (Phi) is 6.98. The number of anilines is 2. The molecule has 38 heavy (non-hydrogen) atoms. The molecule has 6 rings (SSSR count). The van der Waals surface area contributed by atoms with Crippen LogP contribution in [0.2, 0.25) is 0 Å². The number of piperidine rings is 1. The number of amides is 1. The number of pyridine rings is 1. The molecular formula is C30H33F2N5O. The number of benzene rings is 2. The number of fused-ring (bicyclic) bond motifs is 1. The van der Waals surface area contributed by atoms with Crippen LogP contribution >= 0.6 is 0 Å². The van der Waals surface area contributed by atoms with E-state index in [1.54, 1.807) is 6.20 Å². The first kappa shape index (κ1) is 24.8. The summed E-state index contributed by atoms with van der Waals surface area (Å²) in [5.74, 6) is -0.0567. The van der Waals surface area contributed by atoms with Gasteiger partial charge in [0.15, 0.2) is 0 Å². The highest BCUT2D eigenvalue weighted by Crippen LogP contribution is 2.33. The van der Waals surface area contributed by atoms with Gasteiger partial charge in [0.2, 0.25) is 0 Å². The first-order chi connectivity index (χ1) is 18.5. The SMILES string of the molecule is O=C(c1ccc(-c2cnc3c(c2)N(Cc2cc(F)ccc2F)CCN3)cc1)N1CCC(N2CCCC2)CC1. The zero-order chi connectivity index (χ0) is 26.1. The number of rotatable bonds is 5. The van der Waals surface area contributed by atoms with Crippen molar-refractivity contribution in [2.75, 3.05) is 49.5 Å². The Balaban J connectivity index is 1.15. The smallest absolute Gasteiger partial charge is 0.253 e. The quantitative estimate of drug-likeness (QED) is 0.507. The van der Waals surface area contributed by atoms with Crippen LogP contribution in [0.1, 0.15) is 41.6 Å². The highest BCUT2D eigenvalue weighted by molar-refractivity contribution is 5.95. The molecule has 2 fully saturated rings. The van der Waals surface area contributed by atoms with E-state index in [0.29, 0.717) is 30.3 Å². The lowest BCUT2D eigenvalue weighted by Crippen LogP contribution is -2.45. The van der Waals surface area contributed by atoms with E-state index in [4.69, 9.17) is 0 Å². The maximum Gasteiger partial charge on any atom is 0.253 e. The molecule has 1 amide bonds. The van der Waals surface area contributed by atoms with Gasteiger partial charge in [0.1, 0.15) is 17.5 Å². The number of carbonyl (C=O) groups is 1. The first-order valence-electron chi connectivity index (χ1n) is 13.6. The van der Waals surface area contributed by atoms with E-state index in [9.17, 15) is 13.6 Å². The van der Waals surface area contributed by atoms with Gasteiger partial charge in [0, 0.05) is 61.7 Å². The second-order valence-corrected chi connectivity index (χ2v) is 10.5. The minimum Gasteiger partial charge on any atom is -0.367 e. The minimum atomic E-state index is -0.450. The minimum absolute atomic E-state index is 0.0903. The van der Waals surface area contributed by atoms with Crippen molar-refractivity contribution in [2.45, 2.75) is 38.3 Å². The Bertz CT molecular complexity index is 1300. The van der Waals surface area contributed by atoms with Crippen molar-refractivity contribution in [1.29, 1.82) is 0 Å². The monoisotopic (exact) mass is 517 g/mol. The van der Waals surface area contributed by atoms with Crippen LogP contribution in [0.5, 0.6) is 0 Å². The summed E-state index contributed by atoms with van der Waals surface area (Å²) in [6.07, 6.45) is 6.50. The molecule has 0 atom stereocenters. The van der Waals surface area contributed by atoms with Gasteiger partial charge in [0.25, 0.3) is 5.91 Å². The lowest BCUT2D eigenvalue weighted by atomic mass is 10.0. The fourth-order valence-corrected chi connectivity index (χ4v) is 5.98. The highest BCUT2D eigenvalue weighted by atomic mass is 19.1. The summed E-state index contributed by atoms with van der Waals surface area (Å²) in [7, 11) is 0. The Morgan fingerprint density at radius 3 is 2.45 bits per heavy atom. The van der Waals surface area contributed by atoms with Gasteiger partial charge in [-0.1, -0.05) is 12.1 Å². The Morgan fingerprint density at radius 1 is 0.921 bits per heavy atom. The van der Waals surface area contributed by atoms with Gasteiger partial charge in [-0.3, -0.25) is 4.79 Å². The van der Waals surface area contributed by atoms with Crippen molar-refractivity contribution in [1.82, 2.24) is 14.8 Å². The number of aromatic nitrogens is 1. The molecule has 8 heteroatoms. The predicted molar refractivity (Wildman–Crippen MR) is 145 cm³/mol. The van der Waals surface area contributed by atoms with Crippen LogP contribution in [0, 0.1) is 11.6 Å². The largest absolute Gasteiger partial charge is 0.367 e. The van der Waals surface area contributed by atoms with Gasteiger partial charge in [-0.25, -0.2) is 13.8 Å². The van der Waals surface area contributed by atoms with Crippen LogP contribution in [-0.4, -0.2) is 66.0 Å². The molecular weight excluding hydrogens is 484 g/mol. The topological polar surface area (TPSA) is 51.7 Å². The lowest BCUT2D eigenvalue weighted by Gasteiger charge is -2.36. The third kappa shape index (κ3) is 5.10. The van der Waals surface area contributed by atoms with Crippen LogP contribution in [0.25, 0.3) is 11.1 Å². The van der Waals surface area contributed by atoms with E-state index < -0.39 is 11.6 Å². The molecule has 2 aromatic carbocycles. The van der Waals surface area contributed by atoms with Crippen molar-refractivity contribution in [2.24, 2.45) is 0 Å². The molecule has 1 aromatic heterocycles. The molecule has 0 aliphatic carbocycles. The van der Waals surface area contributed by atoms with Gasteiger partial charge < -0.3 is 20.0 Å². The van der Waals surface area contributed by atoms with Gasteiger partial charge in [0.05, 0.1) is 5.69 Å². The second kappa shape index (κ2) is 10.7. The fourth-order valence-electron chi connectivity index (χ4n) is 5.98. The number of likely N-dealkylation sites (tertiary alicyclic amines) is 2. The van der Waals surface area contributed by atoms with E-state index in [2.05, 4.69) is 15.2 Å². The van der Waals surface area contributed by atoms with Gasteiger partial charge in [-0.15, -0.1) is 0 Å². The molecule has 0 spiro atoms. The Labute approximate surface area is 222 Å². The van der Waals surface area contributed by atoms with Gasteiger partial charge >= 0.3 is 0 Å². The van der Waals surface area contributed by atoms with Crippen molar-refractivity contribution in [3.8, 4) is 11.1 Å². The number of nitrogens with zero attached hydrogens (tertiary/aromatic N) is 4. The van der Waals surface area contributed by atoms with Crippen LogP contribution in [0.4, 0.5) is 20.3 Å². The Hall–Kier alpha value is -3.52. The predicted octanol–water partition coefficient (Wildman–Crippen LogP) is 5.16. The van der Waals surface area contributed by atoms with E-state index in [0.717, 1.165) is 54.6 Å². The summed E-state index contributed by atoms with van der Waals surface area (Å²) in [5, 5.41) is 3.29. The third-order valence-corrected chi connectivity index (χ3v) is 8.13. The van der Waals surface area contributed by atoms with Crippen LogP contribution in [0.3, 0.4) is 0 Å². The molecule has 0 radical (unpaired) electrons. The van der Waals surface area contributed by atoms with Crippen molar-refractivity contribution < 1.29 is 13.6 Å². The van der Waals surface area contributed by atoms with Crippen molar-refractivity contribution in [3.05, 3.63) is 77.5 Å². The van der Waals surface area contributed by atoms with E-state index in [1.807, 2.05) is 40.1 Å². The van der Waals surface area contributed by atoms with Gasteiger partial charge in [-0.05, 0) is 80.7 Å². The summed E-state index contributed by atoms with van der Waals surface area (Å²) in [4.78, 5) is 24.4. The number of hydrogen-bond donors (Lipinski definition) is 1. The summed E-state index contributed by atoms with van der Waals surface area (Å²) in [6.45, 7) is 5.60. The molecule has 4 heterocycles. The van der Waals surface area contributed by atoms with Crippen LogP contribution < -0.4 is 10.2 Å². The number of halogens is 2. The van der Waals surface area contributed by atoms with Crippen LogP contribution in [0.15, 0.2) is 54.7 Å². The van der Waals surface area contributed by atoms with E-state index in [-0.39, 0.29) is 12.5 Å². The summed E-state index contributed by atoms with van der Waals surface area (Å²) < 4.78 is 28.0. The molecule has 6 nitrogen and oxygen atoms in total. The van der Waals surface area contributed by atoms with E-state index in [1.165, 1.54) is 38.1 Å². The third-order valence-electron chi connectivity index (χ3n) is 8.13. The molecule has 3 aliphatic rings. The fraction of sp³-hybridized carbons (Fsp3) is 0.400. The van der Waals surface area contributed by atoms with Crippen molar-refractivity contribution in [3.63, 3.8) is 0 Å². The molecule has 0 unspecified atom stereocenters. The van der Waals surface area contributed by atoms with Crippen LogP contribution in [-0.2, 0) is 6.54 Å². The number of nitrogens with one attached hydrogen (secondary N) is 1.